The first-order valence-corrected chi connectivity index (χ1v) is 8.11. The van der Waals surface area contributed by atoms with Crippen LogP contribution in [0, 0.1) is 0 Å². The lowest BCUT2D eigenvalue weighted by Crippen LogP contribution is -2.01. The van der Waals surface area contributed by atoms with Crippen LogP contribution in [-0.4, -0.2) is 10.1 Å². The average Bonchev–Trinajstić information content (AvgIpc) is 2.90. The van der Waals surface area contributed by atoms with E-state index in [0.717, 1.165) is 11.1 Å². The van der Waals surface area contributed by atoms with Gasteiger partial charge in [0, 0.05) is 5.56 Å². The summed E-state index contributed by atoms with van der Waals surface area (Å²) in [4.78, 5) is 9.25. The molecule has 0 aliphatic heterocycles. The van der Waals surface area contributed by atoms with Gasteiger partial charge in [-0.1, -0.05) is 60.7 Å². The number of rotatable bonds is 4. The zero-order valence-electron chi connectivity index (χ0n) is 11.4. The van der Waals surface area contributed by atoms with Crippen molar-refractivity contribution in [2.24, 2.45) is 5.50 Å². The molecule has 1 atom stereocenters. The summed E-state index contributed by atoms with van der Waals surface area (Å²) in [5.74, 6) is 0.327. The molecular formula is C15H13N2O4P. The Morgan fingerprint density at radius 1 is 1.00 bits per heavy atom. The molecular weight excluding hydrogens is 303 g/mol. The van der Waals surface area contributed by atoms with Gasteiger partial charge in [-0.3, -0.25) is 0 Å². The van der Waals surface area contributed by atoms with Crippen LogP contribution in [0.3, 0.4) is 0 Å². The van der Waals surface area contributed by atoms with Crippen LogP contribution in [0.15, 0.2) is 65.2 Å². The molecule has 0 bridgehead atoms. The predicted octanol–water partition coefficient (Wildman–Crippen LogP) is 3.45. The van der Waals surface area contributed by atoms with Gasteiger partial charge in [0.15, 0.2) is 5.76 Å². The molecule has 0 aliphatic carbocycles. The summed E-state index contributed by atoms with van der Waals surface area (Å²) in [6.45, 7) is 0. The van der Waals surface area contributed by atoms with Gasteiger partial charge in [-0.2, -0.15) is 0 Å². The highest BCUT2D eigenvalue weighted by Crippen LogP contribution is 2.44. The Hall–Kier alpha value is -2.40. The van der Waals surface area contributed by atoms with Crippen LogP contribution in [-0.2, 0) is 4.57 Å². The van der Waals surface area contributed by atoms with Crippen molar-refractivity contribution < 1.29 is 18.5 Å². The number of nitrogens with zero attached hydrogens (tertiary/aromatic N) is 1. The number of hydrogen-bond acceptors (Lipinski definition) is 4. The monoisotopic (exact) mass is 316 g/mol. The molecule has 1 aromatic heterocycles. The zero-order valence-corrected chi connectivity index (χ0v) is 12.3. The van der Waals surface area contributed by atoms with Gasteiger partial charge < -0.3 is 13.9 Å². The molecule has 112 valence electrons. The largest absolute Gasteiger partial charge is 0.454 e. The lowest BCUT2D eigenvalue weighted by Gasteiger charge is -2.07. The molecule has 3 aromatic rings. The van der Waals surface area contributed by atoms with Crippen LogP contribution < -0.4 is 10.0 Å². The SMILES string of the molecule is NP(=O)(O)Oc1noc(-c2ccccc2)c1-c1ccccc1. The minimum absolute atomic E-state index is 0.113. The second-order valence-corrected chi connectivity index (χ2v) is 5.89. The highest BCUT2D eigenvalue weighted by atomic mass is 31.2. The molecule has 0 fully saturated rings. The van der Waals surface area contributed by atoms with Crippen LogP contribution in [0.5, 0.6) is 5.88 Å². The quantitative estimate of drug-likeness (QED) is 0.715. The maximum atomic E-state index is 11.3. The number of nitrogens with two attached hydrogens (primary N) is 1. The molecule has 0 amide bonds. The Balaban J connectivity index is 2.18. The molecule has 6 nitrogen and oxygen atoms in total. The fourth-order valence-corrected chi connectivity index (χ4v) is 2.48. The van der Waals surface area contributed by atoms with Gasteiger partial charge in [-0.25, -0.2) is 10.1 Å². The predicted molar refractivity (Wildman–Crippen MR) is 82.0 cm³/mol. The number of benzene rings is 2. The topological polar surface area (TPSA) is 98.6 Å². The van der Waals surface area contributed by atoms with Crippen molar-refractivity contribution in [2.45, 2.75) is 0 Å². The smallest absolute Gasteiger partial charge is 0.391 e. The Bertz CT molecular complexity index is 812. The first-order chi connectivity index (χ1) is 10.5. The normalized spacial score (nSPS) is 13.5. The van der Waals surface area contributed by atoms with Gasteiger partial charge in [0.1, 0.15) is 0 Å². The van der Waals surface area contributed by atoms with Crippen molar-refractivity contribution in [3.05, 3.63) is 60.7 Å². The van der Waals surface area contributed by atoms with Crippen molar-refractivity contribution in [2.75, 3.05) is 0 Å². The van der Waals surface area contributed by atoms with E-state index in [-0.39, 0.29) is 5.88 Å². The fraction of sp³-hybridized carbons (Fsp3) is 0. The molecule has 0 spiro atoms. The van der Waals surface area contributed by atoms with Crippen molar-refractivity contribution in [3.63, 3.8) is 0 Å². The minimum Gasteiger partial charge on any atom is -0.391 e. The molecule has 3 rings (SSSR count). The van der Waals surface area contributed by atoms with Gasteiger partial charge >= 0.3 is 7.75 Å². The standard InChI is InChI=1S/C15H13N2O4P/c16-22(18,19)21-15-13(11-7-3-1-4-8-11)14(20-17-15)12-9-5-2-6-10-12/h1-10H,(H3,16,18,19). The molecule has 2 aromatic carbocycles. The van der Waals surface area contributed by atoms with E-state index >= 15 is 0 Å². The third kappa shape index (κ3) is 3.09. The highest BCUT2D eigenvalue weighted by Gasteiger charge is 2.25. The van der Waals surface area contributed by atoms with E-state index < -0.39 is 7.75 Å². The number of hydrogen-bond donors (Lipinski definition) is 2. The molecule has 22 heavy (non-hydrogen) atoms. The molecule has 1 unspecified atom stereocenters. The lowest BCUT2D eigenvalue weighted by molar-refractivity contribution is 0.349. The van der Waals surface area contributed by atoms with Crippen molar-refractivity contribution in [1.29, 1.82) is 0 Å². The second-order valence-electron chi connectivity index (χ2n) is 4.58. The summed E-state index contributed by atoms with van der Waals surface area (Å²) >= 11 is 0. The zero-order chi connectivity index (χ0) is 15.6. The molecule has 1 heterocycles. The molecule has 0 radical (unpaired) electrons. The van der Waals surface area contributed by atoms with Crippen LogP contribution in [0.1, 0.15) is 0 Å². The summed E-state index contributed by atoms with van der Waals surface area (Å²) in [7, 11) is -4.24. The van der Waals surface area contributed by atoms with E-state index in [0.29, 0.717) is 11.3 Å². The van der Waals surface area contributed by atoms with Crippen LogP contribution in [0.2, 0.25) is 0 Å². The van der Waals surface area contributed by atoms with Gasteiger partial charge in [-0.15, -0.1) is 0 Å². The van der Waals surface area contributed by atoms with Crippen LogP contribution >= 0.6 is 7.75 Å². The second kappa shape index (κ2) is 5.77. The van der Waals surface area contributed by atoms with E-state index in [1.54, 1.807) is 0 Å². The van der Waals surface area contributed by atoms with Crippen molar-refractivity contribution in [1.82, 2.24) is 5.16 Å². The lowest BCUT2D eigenvalue weighted by atomic mass is 10.0. The third-order valence-electron chi connectivity index (χ3n) is 2.98. The minimum atomic E-state index is -4.24. The Morgan fingerprint density at radius 3 is 2.09 bits per heavy atom. The Morgan fingerprint density at radius 2 is 1.55 bits per heavy atom. The third-order valence-corrected chi connectivity index (χ3v) is 3.41. The fourth-order valence-electron chi connectivity index (χ4n) is 2.11. The highest BCUT2D eigenvalue weighted by molar-refractivity contribution is 7.50. The molecule has 0 aliphatic rings. The van der Waals surface area contributed by atoms with Gasteiger partial charge in [0.05, 0.1) is 5.56 Å². The summed E-state index contributed by atoms with van der Waals surface area (Å²) in [6, 6.07) is 18.5. The van der Waals surface area contributed by atoms with Gasteiger partial charge in [-0.05, 0) is 10.7 Å². The summed E-state index contributed by atoms with van der Waals surface area (Å²) in [6.07, 6.45) is 0. The first kappa shape index (κ1) is 14.5. The van der Waals surface area contributed by atoms with Gasteiger partial charge in [0.25, 0.3) is 5.88 Å². The van der Waals surface area contributed by atoms with Crippen molar-refractivity contribution >= 4 is 7.75 Å². The first-order valence-electron chi connectivity index (χ1n) is 6.46. The van der Waals surface area contributed by atoms with E-state index in [1.807, 2.05) is 60.7 Å². The molecule has 3 N–H and O–H groups in total. The maximum absolute atomic E-state index is 11.3. The maximum Gasteiger partial charge on any atom is 0.454 e. The molecule has 0 saturated heterocycles. The number of aromatic nitrogens is 1. The average molecular weight is 316 g/mol. The van der Waals surface area contributed by atoms with E-state index in [1.165, 1.54) is 0 Å². The van der Waals surface area contributed by atoms with Gasteiger partial charge in [0.2, 0.25) is 0 Å². The van der Waals surface area contributed by atoms with E-state index in [4.69, 9.17) is 14.6 Å². The van der Waals surface area contributed by atoms with E-state index in [2.05, 4.69) is 5.16 Å². The Kier molecular flexibility index (Phi) is 3.81. The van der Waals surface area contributed by atoms with Crippen LogP contribution in [0.25, 0.3) is 22.5 Å². The summed E-state index contributed by atoms with van der Waals surface area (Å²) in [5.41, 5.74) is 7.06. The summed E-state index contributed by atoms with van der Waals surface area (Å²) < 4.78 is 21.5. The molecule has 7 heteroatoms. The Labute approximate surface area is 126 Å². The van der Waals surface area contributed by atoms with E-state index in [9.17, 15) is 9.46 Å². The summed E-state index contributed by atoms with van der Waals surface area (Å²) in [5, 5.41) is 3.74. The van der Waals surface area contributed by atoms with Crippen molar-refractivity contribution in [3.8, 4) is 28.3 Å². The molecule has 0 saturated carbocycles. The van der Waals surface area contributed by atoms with Crippen LogP contribution in [0.4, 0.5) is 0 Å².